The van der Waals surface area contributed by atoms with Crippen molar-refractivity contribution in [2.24, 2.45) is 11.8 Å². The van der Waals surface area contributed by atoms with Gasteiger partial charge in [0.05, 0.1) is 6.04 Å². The molecule has 1 aliphatic carbocycles. The average molecular weight is 545 g/mol. The smallest absolute Gasteiger partial charge is 0.338 e. The second kappa shape index (κ2) is 14.4. The molecule has 0 heterocycles. The van der Waals surface area contributed by atoms with Crippen molar-refractivity contribution in [2.45, 2.75) is 82.5 Å². The lowest BCUT2D eigenvalue weighted by atomic mass is 9.76. The van der Waals surface area contributed by atoms with E-state index < -0.39 is 35.9 Å². The summed E-state index contributed by atoms with van der Waals surface area (Å²) in [7, 11) is 1.62. The molecule has 1 saturated carbocycles. The fourth-order valence-corrected chi connectivity index (χ4v) is 5.49. The number of Topliss-reactive ketones (excluding diaryl/α,β-unsaturated/α-hetero) is 2. The molecule has 1 fully saturated rings. The predicted octanol–water partition coefficient (Wildman–Crippen LogP) is 5.98. The van der Waals surface area contributed by atoms with Crippen molar-refractivity contribution in [3.63, 3.8) is 0 Å². The van der Waals surface area contributed by atoms with Crippen LogP contribution in [-0.2, 0) is 14.4 Å². The number of benzene rings is 2. The lowest BCUT2D eigenvalue weighted by Crippen LogP contribution is -2.53. The molecule has 1 amide bonds. The van der Waals surface area contributed by atoms with E-state index in [0.29, 0.717) is 12.8 Å². The minimum atomic E-state index is -4.94. The number of hydrogen-bond donors (Lipinski definition) is 2. The van der Waals surface area contributed by atoms with Gasteiger partial charge in [-0.05, 0) is 50.3 Å². The van der Waals surface area contributed by atoms with Crippen LogP contribution in [-0.4, -0.2) is 42.8 Å². The molecule has 0 aliphatic heterocycles. The van der Waals surface area contributed by atoms with Gasteiger partial charge in [-0.15, -0.1) is 0 Å². The minimum Gasteiger partial charge on any atom is -0.338 e. The number of rotatable bonds is 13. The molecule has 0 saturated heterocycles. The largest absolute Gasteiger partial charge is 0.415 e. The predicted molar refractivity (Wildman–Crippen MR) is 145 cm³/mol. The Morgan fingerprint density at radius 3 is 1.90 bits per heavy atom. The Hall–Kier alpha value is -3.00. The number of hydrogen-bond acceptors (Lipinski definition) is 4. The maximum Gasteiger partial charge on any atom is 0.415 e. The molecule has 5 nitrogen and oxygen atoms in total. The number of nitrogens with one attached hydrogen (secondary N) is 2. The fraction of sp³-hybridized carbons (Fsp3) is 0.516. The third-order valence-electron chi connectivity index (χ3n) is 7.91. The Balaban J connectivity index is 1.77. The van der Waals surface area contributed by atoms with Gasteiger partial charge in [-0.25, -0.2) is 0 Å². The van der Waals surface area contributed by atoms with Gasteiger partial charge in [0.1, 0.15) is 5.78 Å². The van der Waals surface area contributed by atoms with E-state index in [-0.39, 0.29) is 36.9 Å². The molecule has 2 aromatic carbocycles. The molecule has 0 radical (unpaired) electrons. The van der Waals surface area contributed by atoms with E-state index in [0.717, 1.165) is 30.4 Å². The molecule has 3 rings (SSSR count). The zero-order chi connectivity index (χ0) is 28.4. The van der Waals surface area contributed by atoms with E-state index in [1.54, 1.807) is 14.0 Å². The summed E-state index contributed by atoms with van der Waals surface area (Å²) in [5.74, 6) is -3.52. The quantitative estimate of drug-likeness (QED) is 0.325. The normalized spacial score (nSPS) is 16.9. The summed E-state index contributed by atoms with van der Waals surface area (Å²) in [5.41, 5.74) is 1.80. The van der Waals surface area contributed by atoms with Crippen LogP contribution in [0.5, 0.6) is 0 Å². The number of amides is 1. The summed E-state index contributed by atoms with van der Waals surface area (Å²) in [6.07, 6.45) is -1.19. The molecule has 0 aromatic heterocycles. The van der Waals surface area contributed by atoms with E-state index in [2.05, 4.69) is 5.32 Å². The molecule has 0 bridgehead atoms. The van der Waals surface area contributed by atoms with Crippen LogP contribution in [0, 0.1) is 11.8 Å². The van der Waals surface area contributed by atoms with Crippen molar-refractivity contribution < 1.29 is 27.6 Å². The van der Waals surface area contributed by atoms with Crippen LogP contribution >= 0.6 is 0 Å². The molecular formula is C31H39F3N2O3. The third-order valence-corrected chi connectivity index (χ3v) is 7.91. The van der Waals surface area contributed by atoms with E-state index in [9.17, 15) is 27.6 Å². The maximum absolute atomic E-state index is 14.1. The van der Waals surface area contributed by atoms with E-state index in [1.807, 2.05) is 66.0 Å². The second-order valence-corrected chi connectivity index (χ2v) is 10.5. The first-order valence-electron chi connectivity index (χ1n) is 13.8. The van der Waals surface area contributed by atoms with Crippen molar-refractivity contribution in [3.05, 3.63) is 71.8 Å². The van der Waals surface area contributed by atoms with E-state index >= 15 is 0 Å². The van der Waals surface area contributed by atoms with Gasteiger partial charge < -0.3 is 10.6 Å². The van der Waals surface area contributed by atoms with E-state index in [1.165, 1.54) is 0 Å². The zero-order valence-electron chi connectivity index (χ0n) is 22.7. The van der Waals surface area contributed by atoms with Gasteiger partial charge >= 0.3 is 6.18 Å². The van der Waals surface area contributed by atoms with Crippen LogP contribution in [0.3, 0.4) is 0 Å². The summed E-state index contributed by atoms with van der Waals surface area (Å²) in [4.78, 5) is 39.0. The summed E-state index contributed by atoms with van der Waals surface area (Å²) in [6, 6.07) is 15.6. The maximum atomic E-state index is 14.1. The van der Waals surface area contributed by atoms with Crippen molar-refractivity contribution in [2.75, 3.05) is 7.05 Å². The third kappa shape index (κ3) is 8.75. The number of likely N-dealkylation sites (N-methyl/N-ethyl adjacent to an activating group) is 1. The first-order valence-corrected chi connectivity index (χ1v) is 13.8. The molecular weight excluding hydrogens is 505 g/mol. The van der Waals surface area contributed by atoms with Gasteiger partial charge in [-0.2, -0.15) is 13.2 Å². The van der Waals surface area contributed by atoms with Gasteiger partial charge in [0.2, 0.25) is 5.91 Å². The highest BCUT2D eigenvalue weighted by atomic mass is 19.4. The Kier molecular flexibility index (Phi) is 11.3. The molecule has 3 atom stereocenters. The first-order chi connectivity index (χ1) is 18.6. The topological polar surface area (TPSA) is 75.3 Å². The highest BCUT2D eigenvalue weighted by molar-refractivity contribution is 5.93. The van der Waals surface area contributed by atoms with E-state index in [4.69, 9.17) is 0 Å². The van der Waals surface area contributed by atoms with Gasteiger partial charge in [0.25, 0.3) is 0 Å². The van der Waals surface area contributed by atoms with Gasteiger partial charge in [-0.1, -0.05) is 79.9 Å². The SMILES string of the molecule is CN[C@@H](C)C(=O)C[C@H](C(=O)N[C@H](C(=O)CCC(c1ccccc1)c1ccccc1)C(F)(F)F)C1CCCCC1. The number of alkyl halides is 3. The van der Waals surface area contributed by atoms with Crippen molar-refractivity contribution in [1.29, 1.82) is 0 Å². The highest BCUT2D eigenvalue weighted by Gasteiger charge is 2.47. The summed E-state index contributed by atoms with van der Waals surface area (Å²) in [6.45, 7) is 1.66. The number of halogens is 3. The summed E-state index contributed by atoms with van der Waals surface area (Å²) >= 11 is 0. The summed E-state index contributed by atoms with van der Waals surface area (Å²) in [5, 5.41) is 4.87. The lowest BCUT2D eigenvalue weighted by Gasteiger charge is -2.31. The van der Waals surface area contributed by atoms with Crippen LogP contribution in [0.4, 0.5) is 13.2 Å². The van der Waals surface area contributed by atoms with Crippen LogP contribution in [0.15, 0.2) is 60.7 Å². The second-order valence-electron chi connectivity index (χ2n) is 10.5. The number of ketones is 2. The fourth-order valence-electron chi connectivity index (χ4n) is 5.49. The van der Waals surface area contributed by atoms with Crippen LogP contribution in [0.1, 0.15) is 75.3 Å². The van der Waals surface area contributed by atoms with Crippen LogP contribution in [0.2, 0.25) is 0 Å². The Morgan fingerprint density at radius 1 is 0.872 bits per heavy atom. The first kappa shape index (κ1) is 30.5. The zero-order valence-corrected chi connectivity index (χ0v) is 22.7. The standard InChI is InChI=1S/C31H39F3N2O3/c1-21(35-2)28(38)20-26(24-16-10-5-11-17-24)30(39)36-29(31(32,33)34)27(37)19-18-25(22-12-6-3-7-13-22)23-14-8-4-9-15-23/h3-4,6-9,12-15,21,24-26,29,35H,5,10-11,16-20H2,1-2H3,(H,36,39)/t21-,26-,29+/m0/s1. The monoisotopic (exact) mass is 544 g/mol. The van der Waals surface area contributed by atoms with Gasteiger partial charge in [0.15, 0.2) is 11.8 Å². The molecule has 8 heteroatoms. The highest BCUT2D eigenvalue weighted by Crippen LogP contribution is 2.34. The lowest BCUT2D eigenvalue weighted by molar-refractivity contribution is -0.172. The molecule has 1 aliphatic rings. The van der Waals surface area contributed by atoms with Gasteiger partial charge in [-0.3, -0.25) is 14.4 Å². The minimum absolute atomic E-state index is 0.151. The molecule has 2 N–H and O–H groups in total. The molecule has 0 spiro atoms. The van der Waals surface area contributed by atoms with Crippen molar-refractivity contribution >= 4 is 17.5 Å². The molecule has 2 aromatic rings. The van der Waals surface area contributed by atoms with Crippen LogP contribution < -0.4 is 10.6 Å². The molecule has 0 unspecified atom stereocenters. The Morgan fingerprint density at radius 2 is 1.41 bits per heavy atom. The number of carbonyl (C=O) groups is 3. The number of carbonyl (C=O) groups excluding carboxylic acids is 3. The van der Waals surface area contributed by atoms with Crippen LogP contribution in [0.25, 0.3) is 0 Å². The average Bonchev–Trinajstić information content (AvgIpc) is 2.94. The molecule has 39 heavy (non-hydrogen) atoms. The molecule has 212 valence electrons. The summed E-state index contributed by atoms with van der Waals surface area (Å²) < 4.78 is 42.4. The Bertz CT molecular complexity index is 1030. The Labute approximate surface area is 228 Å². The van der Waals surface area contributed by atoms with Crippen molar-refractivity contribution in [3.8, 4) is 0 Å². The van der Waals surface area contributed by atoms with Crippen molar-refractivity contribution in [1.82, 2.24) is 10.6 Å². The van der Waals surface area contributed by atoms with Gasteiger partial charge in [0, 0.05) is 24.7 Å².